The first kappa shape index (κ1) is 20.1. The van der Waals surface area contributed by atoms with E-state index in [9.17, 15) is 5.11 Å². The number of hydrogen-bond donors (Lipinski definition) is 1. The van der Waals surface area contributed by atoms with Crippen LogP contribution in [0.4, 0.5) is 0 Å². The molecular formula is C26H25N3O4. The Hall–Kier alpha value is -3.55. The molecule has 168 valence electrons. The summed E-state index contributed by atoms with van der Waals surface area (Å²) >= 11 is 0. The van der Waals surface area contributed by atoms with E-state index in [1.54, 1.807) is 6.26 Å². The molecule has 7 nitrogen and oxygen atoms in total. The summed E-state index contributed by atoms with van der Waals surface area (Å²) in [6, 6.07) is 18.2. The van der Waals surface area contributed by atoms with E-state index in [1.807, 2.05) is 41.2 Å². The molecule has 0 radical (unpaired) electrons. The van der Waals surface area contributed by atoms with E-state index in [0.29, 0.717) is 19.8 Å². The van der Waals surface area contributed by atoms with E-state index in [0.717, 1.165) is 64.8 Å². The van der Waals surface area contributed by atoms with Gasteiger partial charge in [-0.15, -0.1) is 0 Å². The first-order valence-corrected chi connectivity index (χ1v) is 11.3. The lowest BCUT2D eigenvalue weighted by molar-refractivity contribution is 0.171. The van der Waals surface area contributed by atoms with Crippen molar-refractivity contribution < 1.29 is 19.0 Å². The molecule has 0 spiro atoms. The van der Waals surface area contributed by atoms with Crippen molar-refractivity contribution in [2.45, 2.75) is 19.1 Å². The van der Waals surface area contributed by atoms with Gasteiger partial charge in [0.25, 0.3) is 0 Å². The summed E-state index contributed by atoms with van der Waals surface area (Å²) in [7, 11) is 0. The van der Waals surface area contributed by atoms with E-state index in [2.05, 4.69) is 29.2 Å². The standard InChI is InChI=1S/C26H25N3O4/c30-22-9-10-28(17-22)16-20-15-27-29(26(20)24-2-1-11-31-24)21-6-3-18(4-7-21)19-5-8-23-25(14-19)33-13-12-32-23/h1-8,11,14-15,22,30H,9-10,12-13,16-17H2. The van der Waals surface area contributed by atoms with Crippen molar-refractivity contribution in [1.29, 1.82) is 0 Å². The average Bonchev–Trinajstić information content (AvgIpc) is 3.61. The molecule has 2 aliphatic heterocycles. The lowest BCUT2D eigenvalue weighted by atomic mass is 10.0. The molecule has 1 unspecified atom stereocenters. The van der Waals surface area contributed by atoms with E-state index in [1.165, 1.54) is 0 Å². The zero-order valence-electron chi connectivity index (χ0n) is 18.2. The van der Waals surface area contributed by atoms with Gasteiger partial charge in [-0.3, -0.25) is 4.90 Å². The van der Waals surface area contributed by atoms with Gasteiger partial charge in [-0.25, -0.2) is 4.68 Å². The third-order valence-electron chi connectivity index (χ3n) is 6.23. The van der Waals surface area contributed by atoms with Crippen LogP contribution in [0.25, 0.3) is 28.3 Å². The molecule has 4 heterocycles. The Morgan fingerprint density at radius 2 is 1.79 bits per heavy atom. The Morgan fingerprint density at radius 1 is 0.970 bits per heavy atom. The van der Waals surface area contributed by atoms with E-state index in [-0.39, 0.29) is 6.10 Å². The fraction of sp³-hybridized carbons (Fsp3) is 0.269. The summed E-state index contributed by atoms with van der Waals surface area (Å²) in [6.07, 6.45) is 4.14. The van der Waals surface area contributed by atoms with E-state index in [4.69, 9.17) is 19.0 Å². The van der Waals surface area contributed by atoms with Gasteiger partial charge in [-0.1, -0.05) is 18.2 Å². The second-order valence-corrected chi connectivity index (χ2v) is 8.49. The largest absolute Gasteiger partial charge is 0.486 e. The van der Waals surface area contributed by atoms with Crippen molar-refractivity contribution in [2.24, 2.45) is 0 Å². The Bertz CT molecular complexity index is 1250. The second kappa shape index (κ2) is 8.42. The van der Waals surface area contributed by atoms with Crippen LogP contribution in [0.1, 0.15) is 12.0 Å². The van der Waals surface area contributed by atoms with Gasteiger partial charge in [0.1, 0.15) is 18.9 Å². The average molecular weight is 444 g/mol. The van der Waals surface area contributed by atoms with E-state index < -0.39 is 0 Å². The Kier molecular flexibility index (Phi) is 5.13. The number of β-amino-alcohol motifs (C(OH)–C–C–N with tert-alkyl or cyclic N) is 1. The molecule has 0 bridgehead atoms. The highest BCUT2D eigenvalue weighted by molar-refractivity contribution is 5.69. The molecule has 6 rings (SSSR count). The number of rotatable bonds is 5. The fourth-order valence-electron chi connectivity index (χ4n) is 4.58. The first-order chi connectivity index (χ1) is 16.2. The summed E-state index contributed by atoms with van der Waals surface area (Å²) in [5.74, 6) is 2.35. The lowest BCUT2D eigenvalue weighted by Gasteiger charge is -2.19. The first-order valence-electron chi connectivity index (χ1n) is 11.3. The van der Waals surface area contributed by atoms with Gasteiger partial charge < -0.3 is 19.0 Å². The second-order valence-electron chi connectivity index (χ2n) is 8.49. The minimum absolute atomic E-state index is 0.250. The quantitative estimate of drug-likeness (QED) is 0.500. The van der Waals surface area contributed by atoms with Gasteiger partial charge in [0.2, 0.25) is 0 Å². The Balaban J connectivity index is 1.32. The number of hydrogen-bond acceptors (Lipinski definition) is 6. The van der Waals surface area contributed by atoms with Crippen molar-refractivity contribution in [3.63, 3.8) is 0 Å². The third-order valence-corrected chi connectivity index (χ3v) is 6.23. The van der Waals surface area contributed by atoms with Gasteiger partial charge in [0, 0.05) is 25.2 Å². The van der Waals surface area contributed by atoms with Crippen LogP contribution in [-0.4, -0.2) is 52.2 Å². The SMILES string of the molecule is OC1CCN(Cc2cnn(-c3ccc(-c4ccc5c(c4)OCCO5)cc3)c2-c2ccco2)C1. The van der Waals surface area contributed by atoms with Crippen molar-refractivity contribution in [1.82, 2.24) is 14.7 Å². The van der Waals surface area contributed by atoms with Crippen LogP contribution >= 0.6 is 0 Å². The molecule has 1 atom stereocenters. The maximum atomic E-state index is 9.90. The summed E-state index contributed by atoms with van der Waals surface area (Å²) in [4.78, 5) is 2.25. The molecule has 4 aromatic rings. The summed E-state index contributed by atoms with van der Waals surface area (Å²) in [5, 5.41) is 14.6. The number of aliphatic hydroxyl groups excluding tert-OH is 1. The monoisotopic (exact) mass is 443 g/mol. The van der Waals surface area contributed by atoms with Crippen LogP contribution in [0.2, 0.25) is 0 Å². The minimum atomic E-state index is -0.250. The number of fused-ring (bicyclic) bond motifs is 1. The highest BCUT2D eigenvalue weighted by Gasteiger charge is 2.24. The zero-order valence-corrected chi connectivity index (χ0v) is 18.2. The van der Waals surface area contributed by atoms with Crippen LogP contribution in [0.3, 0.4) is 0 Å². The normalized spacial score (nSPS) is 18.0. The van der Waals surface area contributed by atoms with Crippen molar-refractivity contribution >= 4 is 0 Å². The summed E-state index contributed by atoms with van der Waals surface area (Å²) in [5.41, 5.74) is 5.14. The topological polar surface area (TPSA) is 72.9 Å². The Labute approximate surface area is 191 Å². The van der Waals surface area contributed by atoms with Gasteiger partial charge in [-0.2, -0.15) is 5.10 Å². The number of aromatic nitrogens is 2. The molecule has 0 amide bonds. The molecule has 1 saturated heterocycles. The van der Waals surface area contributed by atoms with Crippen molar-refractivity contribution in [3.8, 4) is 39.8 Å². The number of aliphatic hydroxyl groups is 1. The van der Waals surface area contributed by atoms with Gasteiger partial charge in [0.15, 0.2) is 17.3 Å². The molecule has 2 aliphatic rings. The number of benzene rings is 2. The van der Waals surface area contributed by atoms with Gasteiger partial charge in [0.05, 0.1) is 24.3 Å². The highest BCUT2D eigenvalue weighted by Crippen LogP contribution is 2.35. The van der Waals surface area contributed by atoms with E-state index >= 15 is 0 Å². The maximum Gasteiger partial charge on any atom is 0.161 e. The number of furan rings is 1. The lowest BCUT2D eigenvalue weighted by Crippen LogP contribution is -2.21. The fourth-order valence-corrected chi connectivity index (χ4v) is 4.58. The molecule has 0 aliphatic carbocycles. The molecule has 7 heteroatoms. The van der Waals surface area contributed by atoms with Crippen molar-refractivity contribution in [2.75, 3.05) is 26.3 Å². The van der Waals surface area contributed by atoms with Crippen molar-refractivity contribution in [3.05, 3.63) is 72.6 Å². The summed E-state index contributed by atoms with van der Waals surface area (Å²) in [6.45, 7) is 3.45. The highest BCUT2D eigenvalue weighted by atomic mass is 16.6. The molecule has 2 aromatic carbocycles. The molecule has 2 aromatic heterocycles. The maximum absolute atomic E-state index is 9.90. The Morgan fingerprint density at radius 3 is 2.55 bits per heavy atom. The molecular weight excluding hydrogens is 418 g/mol. The van der Waals surface area contributed by atoms with Gasteiger partial charge in [-0.05, 0) is 53.9 Å². The number of likely N-dealkylation sites (tertiary alicyclic amines) is 1. The summed E-state index contributed by atoms with van der Waals surface area (Å²) < 4.78 is 19.0. The smallest absolute Gasteiger partial charge is 0.161 e. The molecule has 1 fully saturated rings. The molecule has 0 saturated carbocycles. The number of ether oxygens (including phenoxy) is 2. The minimum Gasteiger partial charge on any atom is -0.486 e. The van der Waals surface area contributed by atoms with Gasteiger partial charge >= 0.3 is 0 Å². The van der Waals surface area contributed by atoms with Crippen LogP contribution < -0.4 is 9.47 Å². The predicted molar refractivity (Wildman–Crippen MR) is 124 cm³/mol. The van der Waals surface area contributed by atoms with Crippen LogP contribution in [-0.2, 0) is 6.54 Å². The molecule has 1 N–H and O–H groups in total. The van der Waals surface area contributed by atoms with Crippen LogP contribution in [0.15, 0.2) is 71.5 Å². The third kappa shape index (κ3) is 3.90. The van der Waals surface area contributed by atoms with Crippen LogP contribution in [0.5, 0.6) is 11.5 Å². The van der Waals surface area contributed by atoms with Crippen LogP contribution in [0, 0.1) is 0 Å². The number of nitrogens with zero attached hydrogens (tertiary/aromatic N) is 3. The zero-order chi connectivity index (χ0) is 22.2. The molecule has 33 heavy (non-hydrogen) atoms. The predicted octanol–water partition coefficient (Wildman–Crippen LogP) is 4.14.